The van der Waals surface area contributed by atoms with Gasteiger partial charge in [-0.2, -0.15) is 0 Å². The van der Waals surface area contributed by atoms with Crippen molar-refractivity contribution >= 4 is 23.1 Å². The van der Waals surface area contributed by atoms with Gasteiger partial charge in [0.15, 0.2) is 12.4 Å². The summed E-state index contributed by atoms with van der Waals surface area (Å²) < 4.78 is 10.3. The normalized spacial score (nSPS) is 10.2. The van der Waals surface area contributed by atoms with Crippen LogP contribution in [0.15, 0.2) is 42.5 Å². The number of ether oxygens (including phenoxy) is 2. The predicted molar refractivity (Wildman–Crippen MR) is 101 cm³/mol. The van der Waals surface area contributed by atoms with Crippen LogP contribution in [0.1, 0.15) is 27.6 Å². The first-order valence-corrected chi connectivity index (χ1v) is 8.52. The number of rotatable bonds is 10. The van der Waals surface area contributed by atoms with Gasteiger partial charge in [-0.3, -0.25) is 14.9 Å². The minimum atomic E-state index is -0.886. The summed E-state index contributed by atoms with van der Waals surface area (Å²) in [4.78, 5) is 34.9. The molecule has 2 aromatic rings. The molecule has 2 N–H and O–H groups in total. The Morgan fingerprint density at radius 2 is 1.89 bits per heavy atom. The average molecular weight is 388 g/mol. The Balaban J connectivity index is 2.09. The second kappa shape index (κ2) is 10.0. The van der Waals surface area contributed by atoms with Crippen molar-refractivity contribution in [1.29, 1.82) is 0 Å². The number of carbonyl (C=O) groups is 2. The first kappa shape index (κ1) is 20.8. The molecule has 0 saturated carbocycles. The lowest BCUT2D eigenvalue weighted by Crippen LogP contribution is -2.17. The number of aliphatic hydroxyl groups excluding tert-OH is 1. The fraction of sp³-hybridized carbons (Fsp3) is 0.263. The molecular weight excluding hydrogens is 368 g/mol. The molecule has 0 aromatic heterocycles. The van der Waals surface area contributed by atoms with E-state index in [0.717, 1.165) is 6.07 Å². The molecule has 0 amide bonds. The van der Waals surface area contributed by atoms with Crippen LogP contribution in [0.2, 0.25) is 0 Å². The molecule has 9 nitrogen and oxygen atoms in total. The van der Waals surface area contributed by atoms with Crippen molar-refractivity contribution in [3.63, 3.8) is 0 Å². The van der Waals surface area contributed by atoms with Crippen molar-refractivity contribution in [2.24, 2.45) is 0 Å². The summed E-state index contributed by atoms with van der Waals surface area (Å²) in [6, 6.07) is 10.0. The summed E-state index contributed by atoms with van der Waals surface area (Å²) in [7, 11) is 0. The predicted octanol–water partition coefficient (Wildman–Crippen LogP) is 2.44. The smallest absolute Gasteiger partial charge is 0.340 e. The lowest BCUT2D eigenvalue weighted by molar-refractivity contribution is -0.384. The molecule has 0 heterocycles. The van der Waals surface area contributed by atoms with Crippen LogP contribution in [0, 0.1) is 10.1 Å². The van der Waals surface area contributed by atoms with Crippen LogP contribution in [-0.2, 0) is 4.74 Å². The Morgan fingerprint density at radius 1 is 1.18 bits per heavy atom. The third kappa shape index (κ3) is 5.52. The number of anilines is 1. The van der Waals surface area contributed by atoms with Crippen molar-refractivity contribution in [2.45, 2.75) is 6.92 Å². The van der Waals surface area contributed by atoms with Crippen molar-refractivity contribution < 1.29 is 29.1 Å². The van der Waals surface area contributed by atoms with Gasteiger partial charge in [0.1, 0.15) is 5.75 Å². The molecule has 0 aliphatic carbocycles. The highest BCUT2D eigenvalue weighted by atomic mass is 16.6. The number of ketones is 1. The molecule has 28 heavy (non-hydrogen) atoms. The highest BCUT2D eigenvalue weighted by Crippen LogP contribution is 2.23. The maximum Gasteiger partial charge on any atom is 0.340 e. The van der Waals surface area contributed by atoms with Gasteiger partial charge in [0, 0.05) is 29.9 Å². The molecule has 148 valence electrons. The Hall–Kier alpha value is -3.46. The third-order valence-electron chi connectivity index (χ3n) is 3.68. The molecule has 0 fully saturated rings. The number of Topliss-reactive ketones (excluding diaryl/α,β-unsaturated/α-hetero) is 1. The lowest BCUT2D eigenvalue weighted by Gasteiger charge is -2.11. The van der Waals surface area contributed by atoms with E-state index in [1.807, 2.05) is 6.92 Å². The van der Waals surface area contributed by atoms with E-state index in [2.05, 4.69) is 5.32 Å². The number of nitrogens with zero attached hydrogens (tertiary/aromatic N) is 1. The second-order valence-electron chi connectivity index (χ2n) is 5.59. The van der Waals surface area contributed by atoms with Gasteiger partial charge in [0.2, 0.25) is 0 Å². The van der Waals surface area contributed by atoms with Gasteiger partial charge in [-0.25, -0.2) is 4.79 Å². The number of non-ortho nitro benzene ring substituents is 1. The largest absolute Gasteiger partial charge is 0.494 e. The van der Waals surface area contributed by atoms with Crippen LogP contribution in [-0.4, -0.2) is 48.1 Å². The first-order chi connectivity index (χ1) is 13.5. The van der Waals surface area contributed by atoms with E-state index in [1.54, 1.807) is 24.3 Å². The molecule has 2 rings (SSSR count). The van der Waals surface area contributed by atoms with Gasteiger partial charge >= 0.3 is 5.97 Å². The molecule has 2 aromatic carbocycles. The van der Waals surface area contributed by atoms with Gasteiger partial charge in [-0.1, -0.05) is 0 Å². The van der Waals surface area contributed by atoms with Gasteiger partial charge < -0.3 is 19.9 Å². The number of aliphatic hydroxyl groups is 1. The van der Waals surface area contributed by atoms with Crippen molar-refractivity contribution in [3.05, 3.63) is 63.7 Å². The molecule has 0 unspecified atom stereocenters. The van der Waals surface area contributed by atoms with Crippen LogP contribution >= 0.6 is 0 Å². The molecule has 0 spiro atoms. The fourth-order valence-corrected chi connectivity index (χ4v) is 2.36. The summed E-state index contributed by atoms with van der Waals surface area (Å²) in [6.07, 6.45) is 0. The Morgan fingerprint density at radius 3 is 2.50 bits per heavy atom. The third-order valence-corrected chi connectivity index (χ3v) is 3.68. The quantitative estimate of drug-likeness (QED) is 0.275. The number of nitro benzene ring substituents is 1. The van der Waals surface area contributed by atoms with Crippen LogP contribution in [0.4, 0.5) is 11.4 Å². The van der Waals surface area contributed by atoms with Crippen LogP contribution < -0.4 is 10.1 Å². The van der Waals surface area contributed by atoms with Crippen LogP contribution in [0.5, 0.6) is 5.75 Å². The second-order valence-corrected chi connectivity index (χ2v) is 5.59. The van der Waals surface area contributed by atoms with Crippen molar-refractivity contribution in [2.75, 3.05) is 31.7 Å². The van der Waals surface area contributed by atoms with E-state index in [1.165, 1.54) is 12.1 Å². The van der Waals surface area contributed by atoms with E-state index >= 15 is 0 Å². The summed E-state index contributed by atoms with van der Waals surface area (Å²) in [5, 5.41) is 22.6. The number of benzene rings is 2. The van der Waals surface area contributed by atoms with Gasteiger partial charge in [-0.05, 0) is 37.3 Å². The minimum Gasteiger partial charge on any atom is -0.494 e. The number of nitrogens with one attached hydrogen (secondary N) is 1. The first-order valence-electron chi connectivity index (χ1n) is 8.52. The summed E-state index contributed by atoms with van der Waals surface area (Å²) >= 11 is 0. The lowest BCUT2D eigenvalue weighted by atomic mass is 10.1. The zero-order chi connectivity index (χ0) is 20.5. The van der Waals surface area contributed by atoms with E-state index in [4.69, 9.17) is 14.6 Å². The molecule has 0 aliphatic heterocycles. The van der Waals surface area contributed by atoms with E-state index in [0.29, 0.717) is 17.9 Å². The zero-order valence-electron chi connectivity index (χ0n) is 15.2. The average Bonchev–Trinajstić information content (AvgIpc) is 2.70. The van der Waals surface area contributed by atoms with Crippen LogP contribution in [0.3, 0.4) is 0 Å². The highest BCUT2D eigenvalue weighted by molar-refractivity contribution is 6.01. The molecule has 0 saturated heterocycles. The van der Waals surface area contributed by atoms with Crippen LogP contribution in [0.25, 0.3) is 0 Å². The van der Waals surface area contributed by atoms with E-state index in [-0.39, 0.29) is 30.1 Å². The summed E-state index contributed by atoms with van der Waals surface area (Å²) in [5.74, 6) is -0.692. The van der Waals surface area contributed by atoms with E-state index in [9.17, 15) is 19.7 Å². The SMILES string of the molecule is CCOc1ccc(C(=O)COC(=O)c2cc([N+](=O)[O-])ccc2NCCO)cc1. The number of nitro groups is 1. The van der Waals surface area contributed by atoms with Gasteiger partial charge in [0.25, 0.3) is 5.69 Å². The maximum atomic E-state index is 12.4. The maximum absolute atomic E-state index is 12.4. The minimum absolute atomic E-state index is 0.0952. The number of esters is 1. The number of hydrogen-bond acceptors (Lipinski definition) is 8. The molecule has 0 atom stereocenters. The Labute approximate surface area is 161 Å². The molecular formula is C19H20N2O7. The van der Waals surface area contributed by atoms with Gasteiger partial charge in [0.05, 0.1) is 23.7 Å². The molecule has 9 heteroatoms. The standard InChI is InChI=1S/C19H20N2O7/c1-2-27-15-6-3-13(4-7-15)18(23)12-28-19(24)16-11-14(21(25)26)5-8-17(16)20-9-10-22/h3-8,11,20,22H,2,9-10,12H2,1H3. The molecule has 0 radical (unpaired) electrons. The molecule has 0 bridgehead atoms. The highest BCUT2D eigenvalue weighted by Gasteiger charge is 2.19. The van der Waals surface area contributed by atoms with Gasteiger partial charge in [-0.15, -0.1) is 0 Å². The molecule has 0 aliphatic rings. The Kier molecular flexibility index (Phi) is 7.46. The van der Waals surface area contributed by atoms with Crippen molar-refractivity contribution in [3.8, 4) is 5.75 Å². The summed E-state index contributed by atoms with van der Waals surface area (Å²) in [6.45, 7) is 1.77. The fourth-order valence-electron chi connectivity index (χ4n) is 2.36. The van der Waals surface area contributed by atoms with Crippen molar-refractivity contribution in [1.82, 2.24) is 0 Å². The topological polar surface area (TPSA) is 128 Å². The summed E-state index contributed by atoms with van der Waals surface area (Å²) in [5.41, 5.74) is 0.216. The number of hydrogen-bond donors (Lipinski definition) is 2. The number of carbonyl (C=O) groups excluding carboxylic acids is 2. The zero-order valence-corrected chi connectivity index (χ0v) is 15.2. The van der Waals surface area contributed by atoms with E-state index < -0.39 is 23.3 Å². The monoisotopic (exact) mass is 388 g/mol. The Bertz CT molecular complexity index is 850.